The molecule has 0 amide bonds. The van der Waals surface area contributed by atoms with E-state index in [9.17, 15) is 9.90 Å². The van der Waals surface area contributed by atoms with E-state index in [0.29, 0.717) is 11.8 Å². The van der Waals surface area contributed by atoms with E-state index in [-0.39, 0.29) is 0 Å². The average molecular weight is 253 g/mol. The fourth-order valence-electron chi connectivity index (χ4n) is 4.20. The van der Waals surface area contributed by atoms with Gasteiger partial charge in [-0.25, -0.2) is 0 Å². The molecule has 1 unspecified atom stereocenters. The SMILES string of the molecule is CC(C)CC(C)CN1C[C@@H]2CCC[C@@]2(C(=O)O)C1. The Bertz CT molecular complexity index is 316. The highest BCUT2D eigenvalue weighted by Gasteiger charge is 2.54. The number of nitrogens with zero attached hydrogens (tertiary/aromatic N) is 1. The first-order valence-electron chi connectivity index (χ1n) is 7.40. The van der Waals surface area contributed by atoms with E-state index >= 15 is 0 Å². The number of carboxylic acid groups (broad SMARTS) is 1. The van der Waals surface area contributed by atoms with Gasteiger partial charge in [0.05, 0.1) is 5.41 Å². The molecule has 0 bridgehead atoms. The molecule has 0 aromatic carbocycles. The molecule has 1 heterocycles. The van der Waals surface area contributed by atoms with Crippen molar-refractivity contribution in [3.8, 4) is 0 Å². The molecule has 1 N–H and O–H groups in total. The van der Waals surface area contributed by atoms with Gasteiger partial charge in [-0.3, -0.25) is 4.79 Å². The van der Waals surface area contributed by atoms with Crippen molar-refractivity contribution >= 4 is 5.97 Å². The molecule has 3 heteroatoms. The molecule has 1 saturated heterocycles. The van der Waals surface area contributed by atoms with Crippen LogP contribution in [0.1, 0.15) is 46.5 Å². The van der Waals surface area contributed by atoms with Gasteiger partial charge < -0.3 is 10.0 Å². The third kappa shape index (κ3) is 2.56. The van der Waals surface area contributed by atoms with Crippen molar-refractivity contribution < 1.29 is 9.90 Å². The molecule has 1 saturated carbocycles. The van der Waals surface area contributed by atoms with Crippen molar-refractivity contribution in [3.05, 3.63) is 0 Å². The maximum atomic E-state index is 11.6. The largest absolute Gasteiger partial charge is 0.481 e. The Morgan fingerprint density at radius 1 is 1.44 bits per heavy atom. The second-order valence-electron chi connectivity index (χ2n) is 6.98. The van der Waals surface area contributed by atoms with Gasteiger partial charge in [-0.05, 0) is 37.0 Å². The van der Waals surface area contributed by atoms with Gasteiger partial charge >= 0.3 is 5.97 Å². The summed E-state index contributed by atoms with van der Waals surface area (Å²) in [7, 11) is 0. The van der Waals surface area contributed by atoms with Gasteiger partial charge in [-0.15, -0.1) is 0 Å². The summed E-state index contributed by atoms with van der Waals surface area (Å²) >= 11 is 0. The van der Waals surface area contributed by atoms with E-state index < -0.39 is 11.4 Å². The fraction of sp³-hybridized carbons (Fsp3) is 0.933. The summed E-state index contributed by atoms with van der Waals surface area (Å²) in [5, 5.41) is 9.54. The van der Waals surface area contributed by atoms with Crippen LogP contribution in [0.25, 0.3) is 0 Å². The van der Waals surface area contributed by atoms with Crippen LogP contribution in [0.5, 0.6) is 0 Å². The highest BCUT2D eigenvalue weighted by molar-refractivity contribution is 5.76. The van der Waals surface area contributed by atoms with Crippen LogP contribution < -0.4 is 0 Å². The molecule has 0 radical (unpaired) electrons. The predicted molar refractivity (Wildman–Crippen MR) is 72.5 cm³/mol. The Morgan fingerprint density at radius 2 is 2.17 bits per heavy atom. The Hall–Kier alpha value is -0.570. The molecule has 18 heavy (non-hydrogen) atoms. The second-order valence-corrected chi connectivity index (χ2v) is 6.98. The van der Waals surface area contributed by atoms with Crippen molar-refractivity contribution in [1.29, 1.82) is 0 Å². The number of rotatable bonds is 5. The first kappa shape index (κ1) is 13.9. The van der Waals surface area contributed by atoms with Gasteiger partial charge in [-0.1, -0.05) is 27.2 Å². The summed E-state index contributed by atoms with van der Waals surface area (Å²) in [5.41, 5.74) is -0.405. The molecule has 0 aromatic rings. The highest BCUT2D eigenvalue weighted by Crippen LogP contribution is 2.49. The minimum Gasteiger partial charge on any atom is -0.481 e. The lowest BCUT2D eigenvalue weighted by Crippen LogP contribution is -2.36. The van der Waals surface area contributed by atoms with Crippen molar-refractivity contribution in [2.75, 3.05) is 19.6 Å². The van der Waals surface area contributed by atoms with Crippen LogP contribution in [-0.2, 0) is 4.79 Å². The number of fused-ring (bicyclic) bond motifs is 1. The lowest BCUT2D eigenvalue weighted by atomic mass is 9.81. The lowest BCUT2D eigenvalue weighted by molar-refractivity contribution is -0.149. The number of hydrogen-bond donors (Lipinski definition) is 1. The fourth-order valence-corrected chi connectivity index (χ4v) is 4.20. The van der Waals surface area contributed by atoms with Gasteiger partial charge in [0, 0.05) is 19.6 Å². The molecule has 3 atom stereocenters. The molecule has 3 nitrogen and oxygen atoms in total. The summed E-state index contributed by atoms with van der Waals surface area (Å²) in [6, 6.07) is 0. The van der Waals surface area contributed by atoms with E-state index in [0.717, 1.165) is 44.8 Å². The van der Waals surface area contributed by atoms with E-state index in [1.54, 1.807) is 0 Å². The Labute approximate surface area is 111 Å². The van der Waals surface area contributed by atoms with Gasteiger partial charge in [-0.2, -0.15) is 0 Å². The highest BCUT2D eigenvalue weighted by atomic mass is 16.4. The zero-order valence-corrected chi connectivity index (χ0v) is 12.0. The van der Waals surface area contributed by atoms with Crippen molar-refractivity contribution in [3.63, 3.8) is 0 Å². The van der Waals surface area contributed by atoms with Crippen LogP contribution in [0.3, 0.4) is 0 Å². The lowest BCUT2D eigenvalue weighted by Gasteiger charge is -2.25. The maximum absolute atomic E-state index is 11.6. The average Bonchev–Trinajstić information content (AvgIpc) is 2.72. The third-order valence-corrected chi connectivity index (χ3v) is 4.81. The molecule has 1 aliphatic heterocycles. The summed E-state index contributed by atoms with van der Waals surface area (Å²) < 4.78 is 0. The first-order chi connectivity index (χ1) is 8.44. The standard InChI is InChI=1S/C15H27NO2/c1-11(2)7-12(3)8-16-9-13-5-4-6-15(13,10-16)14(17)18/h11-13H,4-10H2,1-3H3,(H,17,18)/t12?,13-,15+/m0/s1. The van der Waals surface area contributed by atoms with Crippen LogP contribution in [0.2, 0.25) is 0 Å². The summed E-state index contributed by atoms with van der Waals surface area (Å²) in [5.74, 6) is 1.26. The maximum Gasteiger partial charge on any atom is 0.311 e. The van der Waals surface area contributed by atoms with Crippen molar-refractivity contribution in [2.45, 2.75) is 46.5 Å². The zero-order chi connectivity index (χ0) is 13.3. The second kappa shape index (κ2) is 5.20. The van der Waals surface area contributed by atoms with E-state index in [4.69, 9.17) is 0 Å². The zero-order valence-electron chi connectivity index (χ0n) is 12.0. The first-order valence-corrected chi connectivity index (χ1v) is 7.40. The van der Waals surface area contributed by atoms with E-state index in [1.165, 1.54) is 6.42 Å². The van der Waals surface area contributed by atoms with E-state index in [2.05, 4.69) is 25.7 Å². The van der Waals surface area contributed by atoms with Crippen molar-refractivity contribution in [1.82, 2.24) is 4.90 Å². The van der Waals surface area contributed by atoms with Crippen LogP contribution in [0.4, 0.5) is 0 Å². The topological polar surface area (TPSA) is 40.5 Å². The Morgan fingerprint density at radius 3 is 2.72 bits per heavy atom. The minimum absolute atomic E-state index is 0.404. The van der Waals surface area contributed by atoms with Gasteiger partial charge in [0.1, 0.15) is 0 Å². The summed E-state index contributed by atoms with van der Waals surface area (Å²) in [6.07, 6.45) is 4.34. The molecular weight excluding hydrogens is 226 g/mol. The van der Waals surface area contributed by atoms with Crippen LogP contribution >= 0.6 is 0 Å². The number of carbonyl (C=O) groups is 1. The minimum atomic E-state index is -0.552. The monoisotopic (exact) mass is 253 g/mol. The van der Waals surface area contributed by atoms with Gasteiger partial charge in [0.2, 0.25) is 0 Å². The number of hydrogen-bond acceptors (Lipinski definition) is 2. The summed E-state index contributed by atoms with van der Waals surface area (Å²) in [4.78, 5) is 14.0. The molecule has 1 aliphatic carbocycles. The Balaban J connectivity index is 1.93. The molecule has 2 rings (SSSR count). The quantitative estimate of drug-likeness (QED) is 0.819. The molecule has 104 valence electrons. The molecular formula is C15H27NO2. The number of likely N-dealkylation sites (tertiary alicyclic amines) is 1. The van der Waals surface area contributed by atoms with Crippen LogP contribution in [-0.4, -0.2) is 35.6 Å². The predicted octanol–water partition coefficient (Wildman–Crippen LogP) is 2.86. The Kier molecular flexibility index (Phi) is 4.00. The third-order valence-electron chi connectivity index (χ3n) is 4.81. The molecule has 0 spiro atoms. The molecule has 2 aliphatic rings. The number of carboxylic acids is 1. The van der Waals surface area contributed by atoms with Crippen LogP contribution in [0.15, 0.2) is 0 Å². The molecule has 2 fully saturated rings. The smallest absolute Gasteiger partial charge is 0.311 e. The summed E-state index contributed by atoms with van der Waals surface area (Å²) in [6.45, 7) is 9.68. The number of aliphatic carboxylic acids is 1. The van der Waals surface area contributed by atoms with Gasteiger partial charge in [0.15, 0.2) is 0 Å². The van der Waals surface area contributed by atoms with Gasteiger partial charge in [0.25, 0.3) is 0 Å². The normalized spacial score (nSPS) is 33.9. The molecule has 0 aromatic heterocycles. The van der Waals surface area contributed by atoms with Crippen LogP contribution in [0, 0.1) is 23.2 Å². The van der Waals surface area contributed by atoms with E-state index in [1.807, 2.05) is 0 Å². The van der Waals surface area contributed by atoms with Crippen molar-refractivity contribution in [2.24, 2.45) is 23.2 Å².